The molecule has 6 heteroatoms. The number of piperazine rings is 1. The van der Waals surface area contributed by atoms with Gasteiger partial charge in [-0.25, -0.2) is 0 Å². The molecule has 0 atom stereocenters. The Morgan fingerprint density at radius 2 is 1.59 bits per heavy atom. The maximum atomic E-state index is 12.5. The highest BCUT2D eigenvalue weighted by molar-refractivity contribution is 6.31. The molecule has 1 heterocycles. The largest absolute Gasteiger partial charge is 0.352 e. The fourth-order valence-electron chi connectivity index (χ4n) is 3.12. The van der Waals surface area contributed by atoms with Crippen LogP contribution in [0, 0.1) is 0 Å². The zero-order valence-corrected chi connectivity index (χ0v) is 16.0. The Bertz CT molecular complexity index is 774. The summed E-state index contributed by atoms with van der Waals surface area (Å²) in [6, 6.07) is 16.9. The lowest BCUT2D eigenvalue weighted by atomic mass is 10.2. The topological polar surface area (TPSA) is 52.7 Å². The summed E-state index contributed by atoms with van der Waals surface area (Å²) in [5.74, 6) is 0.0884. The molecule has 0 bridgehead atoms. The van der Waals surface area contributed by atoms with E-state index >= 15 is 0 Å². The van der Waals surface area contributed by atoms with E-state index in [9.17, 15) is 9.59 Å². The molecule has 1 N–H and O–H groups in total. The summed E-state index contributed by atoms with van der Waals surface area (Å²) in [6.45, 7) is 4.09. The number of nitrogens with one attached hydrogen (secondary N) is 1. The van der Waals surface area contributed by atoms with Crippen molar-refractivity contribution in [1.82, 2.24) is 15.1 Å². The quantitative estimate of drug-likeness (QED) is 0.831. The van der Waals surface area contributed by atoms with E-state index < -0.39 is 0 Å². The summed E-state index contributed by atoms with van der Waals surface area (Å²) >= 11 is 6.10. The Morgan fingerprint density at radius 1 is 0.926 bits per heavy atom. The maximum absolute atomic E-state index is 12.5. The van der Waals surface area contributed by atoms with Crippen LogP contribution in [0.1, 0.15) is 22.3 Å². The van der Waals surface area contributed by atoms with E-state index in [0.717, 1.165) is 24.2 Å². The SMILES string of the molecule is O=C(CCN1CCN(C(=O)c2ccccc2)CC1)NCc1ccccc1Cl. The lowest BCUT2D eigenvalue weighted by Crippen LogP contribution is -2.49. The van der Waals surface area contributed by atoms with E-state index in [1.807, 2.05) is 59.5 Å². The zero-order chi connectivity index (χ0) is 19.1. The van der Waals surface area contributed by atoms with Crippen LogP contribution >= 0.6 is 11.6 Å². The van der Waals surface area contributed by atoms with Crippen molar-refractivity contribution in [2.45, 2.75) is 13.0 Å². The number of rotatable bonds is 6. The Labute approximate surface area is 164 Å². The minimum atomic E-state index is 0.0118. The van der Waals surface area contributed by atoms with Crippen molar-refractivity contribution in [1.29, 1.82) is 0 Å². The molecular weight excluding hydrogens is 362 g/mol. The van der Waals surface area contributed by atoms with Crippen LogP contribution < -0.4 is 5.32 Å². The van der Waals surface area contributed by atoms with Gasteiger partial charge < -0.3 is 10.2 Å². The van der Waals surface area contributed by atoms with Gasteiger partial charge in [0.05, 0.1) is 0 Å². The molecule has 0 spiro atoms. The van der Waals surface area contributed by atoms with Gasteiger partial charge in [-0.1, -0.05) is 48.0 Å². The van der Waals surface area contributed by atoms with Crippen molar-refractivity contribution in [3.8, 4) is 0 Å². The lowest BCUT2D eigenvalue weighted by molar-refractivity contribution is -0.121. The van der Waals surface area contributed by atoms with E-state index in [4.69, 9.17) is 11.6 Å². The molecule has 2 aromatic carbocycles. The summed E-state index contributed by atoms with van der Waals surface area (Å²) in [5, 5.41) is 3.58. The molecule has 0 aromatic heterocycles. The summed E-state index contributed by atoms with van der Waals surface area (Å²) in [4.78, 5) is 28.6. The van der Waals surface area contributed by atoms with E-state index in [1.54, 1.807) is 0 Å². The van der Waals surface area contributed by atoms with Crippen LogP contribution in [0.15, 0.2) is 54.6 Å². The van der Waals surface area contributed by atoms with Crippen molar-refractivity contribution >= 4 is 23.4 Å². The van der Waals surface area contributed by atoms with Crippen LogP contribution in [0.3, 0.4) is 0 Å². The number of hydrogen-bond donors (Lipinski definition) is 1. The van der Waals surface area contributed by atoms with Gasteiger partial charge >= 0.3 is 0 Å². The molecular formula is C21H24ClN3O2. The molecule has 2 amide bonds. The third-order valence-corrected chi connectivity index (χ3v) is 5.14. The van der Waals surface area contributed by atoms with Crippen molar-refractivity contribution in [2.24, 2.45) is 0 Å². The number of halogens is 1. The number of carbonyl (C=O) groups excluding carboxylic acids is 2. The zero-order valence-electron chi connectivity index (χ0n) is 15.2. The predicted molar refractivity (Wildman–Crippen MR) is 107 cm³/mol. The fourth-order valence-corrected chi connectivity index (χ4v) is 3.32. The Kier molecular flexibility index (Phi) is 6.85. The highest BCUT2D eigenvalue weighted by Crippen LogP contribution is 2.14. The average Bonchev–Trinajstić information content (AvgIpc) is 2.72. The first-order valence-corrected chi connectivity index (χ1v) is 9.58. The van der Waals surface area contributed by atoms with Gasteiger partial charge in [-0.2, -0.15) is 0 Å². The van der Waals surface area contributed by atoms with Crippen LogP contribution in [-0.2, 0) is 11.3 Å². The third kappa shape index (κ3) is 5.55. The number of benzene rings is 2. The standard InChI is InChI=1S/C21H24ClN3O2/c22-19-9-5-4-8-18(19)16-23-20(26)10-11-24-12-14-25(15-13-24)21(27)17-6-2-1-3-7-17/h1-9H,10-16H2,(H,23,26). The van der Waals surface area contributed by atoms with Crippen molar-refractivity contribution in [2.75, 3.05) is 32.7 Å². The molecule has 0 radical (unpaired) electrons. The number of nitrogens with zero attached hydrogens (tertiary/aromatic N) is 2. The van der Waals surface area contributed by atoms with Gasteiger partial charge in [0.2, 0.25) is 5.91 Å². The number of hydrogen-bond acceptors (Lipinski definition) is 3. The van der Waals surface area contributed by atoms with Gasteiger partial charge in [0.15, 0.2) is 0 Å². The lowest BCUT2D eigenvalue weighted by Gasteiger charge is -2.34. The van der Waals surface area contributed by atoms with Crippen LogP contribution in [-0.4, -0.2) is 54.3 Å². The monoisotopic (exact) mass is 385 g/mol. The van der Waals surface area contributed by atoms with Crippen LogP contribution in [0.5, 0.6) is 0 Å². The van der Waals surface area contributed by atoms with Gasteiger partial charge in [-0.3, -0.25) is 14.5 Å². The Hall–Kier alpha value is -2.37. The molecule has 2 aromatic rings. The molecule has 0 saturated carbocycles. The first kappa shape index (κ1) is 19.4. The summed E-state index contributed by atoms with van der Waals surface area (Å²) in [7, 11) is 0. The van der Waals surface area contributed by atoms with Crippen molar-refractivity contribution in [3.05, 3.63) is 70.7 Å². The van der Waals surface area contributed by atoms with Crippen LogP contribution in [0.4, 0.5) is 0 Å². The summed E-state index contributed by atoms with van der Waals surface area (Å²) < 4.78 is 0. The second-order valence-corrected chi connectivity index (χ2v) is 7.03. The number of amides is 2. The van der Waals surface area contributed by atoms with E-state index in [1.165, 1.54) is 0 Å². The van der Waals surface area contributed by atoms with Gasteiger partial charge in [0, 0.05) is 56.3 Å². The molecule has 0 aliphatic carbocycles. The molecule has 1 aliphatic heterocycles. The minimum Gasteiger partial charge on any atom is -0.352 e. The van der Waals surface area contributed by atoms with Gasteiger partial charge in [-0.05, 0) is 23.8 Å². The average molecular weight is 386 g/mol. The van der Waals surface area contributed by atoms with E-state index in [0.29, 0.717) is 37.6 Å². The van der Waals surface area contributed by atoms with E-state index in [-0.39, 0.29) is 11.8 Å². The normalized spacial score (nSPS) is 14.8. The molecule has 1 fully saturated rings. The van der Waals surface area contributed by atoms with Gasteiger partial charge in [0.1, 0.15) is 0 Å². The first-order valence-electron chi connectivity index (χ1n) is 9.20. The maximum Gasteiger partial charge on any atom is 0.253 e. The summed E-state index contributed by atoms with van der Waals surface area (Å²) in [5.41, 5.74) is 1.64. The highest BCUT2D eigenvalue weighted by Gasteiger charge is 2.22. The smallest absolute Gasteiger partial charge is 0.253 e. The molecule has 1 saturated heterocycles. The van der Waals surface area contributed by atoms with Gasteiger partial charge in [-0.15, -0.1) is 0 Å². The second-order valence-electron chi connectivity index (χ2n) is 6.62. The Morgan fingerprint density at radius 3 is 2.30 bits per heavy atom. The predicted octanol–water partition coefficient (Wildman–Crippen LogP) is 2.80. The molecule has 1 aliphatic rings. The fraction of sp³-hybridized carbons (Fsp3) is 0.333. The van der Waals surface area contributed by atoms with Crippen LogP contribution in [0.25, 0.3) is 0 Å². The highest BCUT2D eigenvalue weighted by atomic mass is 35.5. The molecule has 27 heavy (non-hydrogen) atoms. The second kappa shape index (κ2) is 9.53. The van der Waals surface area contributed by atoms with Crippen molar-refractivity contribution in [3.63, 3.8) is 0 Å². The Balaban J connectivity index is 1.37. The molecule has 142 valence electrons. The molecule has 3 rings (SSSR count). The van der Waals surface area contributed by atoms with E-state index in [2.05, 4.69) is 10.2 Å². The third-order valence-electron chi connectivity index (χ3n) is 4.77. The summed E-state index contributed by atoms with van der Waals surface area (Å²) in [6.07, 6.45) is 0.442. The minimum absolute atomic E-state index is 0.0118. The van der Waals surface area contributed by atoms with Crippen molar-refractivity contribution < 1.29 is 9.59 Å². The first-order chi connectivity index (χ1) is 13.1. The number of carbonyl (C=O) groups is 2. The van der Waals surface area contributed by atoms with Gasteiger partial charge in [0.25, 0.3) is 5.91 Å². The van der Waals surface area contributed by atoms with Crippen LogP contribution in [0.2, 0.25) is 5.02 Å². The molecule has 0 unspecified atom stereocenters. The molecule has 5 nitrogen and oxygen atoms in total.